The molecular formula is C20H28Cl3N3OS. The number of nitrogens with zero attached hydrogens (tertiary/aromatic N) is 1. The molecule has 156 valence electrons. The Kier molecular flexibility index (Phi) is 10.8. The molecule has 2 unspecified atom stereocenters. The second-order valence-electron chi connectivity index (χ2n) is 6.86. The van der Waals surface area contributed by atoms with Gasteiger partial charge in [-0.2, -0.15) is 0 Å². The molecule has 0 aliphatic carbocycles. The number of amides is 1. The van der Waals surface area contributed by atoms with Crippen molar-refractivity contribution in [3.63, 3.8) is 0 Å². The molecule has 2 N–H and O–H groups in total. The van der Waals surface area contributed by atoms with Crippen molar-refractivity contribution in [1.29, 1.82) is 0 Å². The van der Waals surface area contributed by atoms with Crippen LogP contribution >= 0.6 is 47.8 Å². The largest absolute Gasteiger partial charge is 0.354 e. The minimum atomic E-state index is -0.0456. The summed E-state index contributed by atoms with van der Waals surface area (Å²) in [6, 6.07) is 10.4. The summed E-state index contributed by atoms with van der Waals surface area (Å²) in [5.41, 5.74) is 2.60. The number of nitrogens with one attached hydrogen (secondary N) is 2. The Balaban J connectivity index is 0.00000196. The molecule has 0 bridgehead atoms. The summed E-state index contributed by atoms with van der Waals surface area (Å²) in [4.78, 5) is 16.3. The highest BCUT2D eigenvalue weighted by molar-refractivity contribution is 7.10. The maximum absolute atomic E-state index is 12.4. The van der Waals surface area contributed by atoms with Crippen molar-refractivity contribution in [2.75, 3.05) is 26.7 Å². The number of thiophene rings is 1. The standard InChI is InChI=1S/C20H26ClN3OS.2ClH/c1-14(11-22-2)20(25)23-12-18(15-3-5-17(21)6-4-15)24-9-7-19-16(13-24)8-10-26-19;;/h3-6,8,10,14,18,22H,7,9,11-13H2,1-2H3,(H,23,25);2*1H. The summed E-state index contributed by atoms with van der Waals surface area (Å²) in [5.74, 6) is 0.0437. The Bertz CT molecular complexity index is 739. The van der Waals surface area contributed by atoms with Gasteiger partial charge in [0.2, 0.25) is 5.91 Å². The number of carbonyl (C=O) groups is 1. The van der Waals surface area contributed by atoms with Crippen molar-refractivity contribution in [3.05, 3.63) is 56.7 Å². The summed E-state index contributed by atoms with van der Waals surface area (Å²) in [6.45, 7) is 5.16. The van der Waals surface area contributed by atoms with E-state index in [9.17, 15) is 4.79 Å². The highest BCUT2D eigenvalue weighted by Crippen LogP contribution is 2.30. The average molecular weight is 465 g/mol. The minimum Gasteiger partial charge on any atom is -0.354 e. The summed E-state index contributed by atoms with van der Waals surface area (Å²) >= 11 is 7.91. The van der Waals surface area contributed by atoms with E-state index in [-0.39, 0.29) is 42.7 Å². The number of hydrogen-bond donors (Lipinski definition) is 2. The molecule has 2 atom stereocenters. The lowest BCUT2D eigenvalue weighted by atomic mass is 10.0. The van der Waals surface area contributed by atoms with Crippen molar-refractivity contribution in [1.82, 2.24) is 15.5 Å². The molecule has 1 aliphatic rings. The molecule has 1 aromatic heterocycles. The molecule has 0 spiro atoms. The fraction of sp³-hybridized carbons (Fsp3) is 0.450. The van der Waals surface area contributed by atoms with E-state index < -0.39 is 0 Å². The summed E-state index contributed by atoms with van der Waals surface area (Å²) in [5, 5.41) is 9.11. The van der Waals surface area contributed by atoms with Gasteiger partial charge in [0, 0.05) is 42.0 Å². The monoisotopic (exact) mass is 463 g/mol. The third-order valence-corrected chi connectivity index (χ3v) is 6.24. The molecule has 2 heterocycles. The number of halogens is 3. The molecule has 0 radical (unpaired) electrons. The molecule has 4 nitrogen and oxygen atoms in total. The van der Waals surface area contributed by atoms with Crippen molar-refractivity contribution < 1.29 is 4.79 Å². The van der Waals surface area contributed by atoms with E-state index in [0.29, 0.717) is 13.1 Å². The smallest absolute Gasteiger partial charge is 0.224 e. The number of benzene rings is 1. The molecule has 8 heteroatoms. The third kappa shape index (κ3) is 6.34. The number of rotatable bonds is 7. The van der Waals surface area contributed by atoms with Crippen molar-refractivity contribution in [2.45, 2.75) is 25.9 Å². The summed E-state index contributed by atoms with van der Waals surface area (Å²) in [6.07, 6.45) is 1.07. The van der Waals surface area contributed by atoms with Crippen LogP contribution in [0.3, 0.4) is 0 Å². The Morgan fingerprint density at radius 1 is 1.21 bits per heavy atom. The molecule has 28 heavy (non-hydrogen) atoms. The first-order chi connectivity index (χ1) is 12.6. The van der Waals surface area contributed by atoms with Gasteiger partial charge in [-0.25, -0.2) is 0 Å². The van der Waals surface area contributed by atoms with Gasteiger partial charge in [0.1, 0.15) is 0 Å². The van der Waals surface area contributed by atoms with Crippen LogP contribution in [0.2, 0.25) is 5.02 Å². The normalized spacial score (nSPS) is 15.5. The van der Waals surface area contributed by atoms with Crippen LogP contribution in [0, 0.1) is 5.92 Å². The molecule has 1 amide bonds. The van der Waals surface area contributed by atoms with Gasteiger partial charge in [-0.05, 0) is 48.2 Å². The van der Waals surface area contributed by atoms with E-state index in [1.165, 1.54) is 16.0 Å². The van der Waals surface area contributed by atoms with Crippen LogP contribution in [0.25, 0.3) is 0 Å². The van der Waals surface area contributed by atoms with Crippen LogP contribution in [0.1, 0.15) is 29.0 Å². The lowest BCUT2D eigenvalue weighted by Gasteiger charge is -2.35. The average Bonchev–Trinajstić information content (AvgIpc) is 3.11. The minimum absolute atomic E-state index is 0. The predicted octanol–water partition coefficient (Wildman–Crippen LogP) is 4.32. The Morgan fingerprint density at radius 2 is 1.93 bits per heavy atom. The molecule has 0 saturated carbocycles. The van der Waals surface area contributed by atoms with Gasteiger partial charge in [0.05, 0.1) is 6.04 Å². The van der Waals surface area contributed by atoms with Crippen LogP contribution in [0.5, 0.6) is 0 Å². The van der Waals surface area contributed by atoms with E-state index >= 15 is 0 Å². The van der Waals surface area contributed by atoms with Gasteiger partial charge >= 0.3 is 0 Å². The van der Waals surface area contributed by atoms with Gasteiger partial charge in [0.15, 0.2) is 0 Å². The molecule has 0 fully saturated rings. The molecule has 0 saturated heterocycles. The summed E-state index contributed by atoms with van der Waals surface area (Å²) < 4.78 is 0. The molecule has 1 aromatic carbocycles. The van der Waals surface area contributed by atoms with Gasteiger partial charge in [-0.3, -0.25) is 9.69 Å². The fourth-order valence-corrected chi connectivity index (χ4v) is 4.47. The first kappa shape index (κ1) is 25.2. The second kappa shape index (κ2) is 12.0. The topological polar surface area (TPSA) is 44.4 Å². The van der Waals surface area contributed by atoms with E-state index in [0.717, 1.165) is 24.5 Å². The highest BCUT2D eigenvalue weighted by atomic mass is 35.5. The SMILES string of the molecule is CNCC(C)C(=O)NCC(c1ccc(Cl)cc1)N1CCc2sccc2C1.Cl.Cl. The zero-order chi connectivity index (χ0) is 18.5. The Hall–Kier alpha value is -0.820. The summed E-state index contributed by atoms with van der Waals surface area (Å²) in [7, 11) is 1.87. The zero-order valence-corrected chi connectivity index (χ0v) is 19.3. The van der Waals surface area contributed by atoms with E-state index in [2.05, 4.69) is 39.1 Å². The van der Waals surface area contributed by atoms with Crippen molar-refractivity contribution in [2.24, 2.45) is 5.92 Å². The quantitative estimate of drug-likeness (QED) is 0.641. The van der Waals surface area contributed by atoms with E-state index in [4.69, 9.17) is 11.6 Å². The predicted molar refractivity (Wildman–Crippen MR) is 123 cm³/mol. The van der Waals surface area contributed by atoms with Crippen molar-refractivity contribution >= 4 is 53.7 Å². The first-order valence-electron chi connectivity index (χ1n) is 9.05. The second-order valence-corrected chi connectivity index (χ2v) is 8.30. The maximum Gasteiger partial charge on any atom is 0.224 e. The van der Waals surface area contributed by atoms with Gasteiger partial charge in [0.25, 0.3) is 0 Å². The third-order valence-electron chi connectivity index (χ3n) is 4.96. The van der Waals surface area contributed by atoms with Crippen LogP contribution in [-0.2, 0) is 17.8 Å². The van der Waals surface area contributed by atoms with Crippen molar-refractivity contribution in [3.8, 4) is 0 Å². The molecule has 3 rings (SSSR count). The van der Waals surface area contributed by atoms with Gasteiger partial charge < -0.3 is 10.6 Å². The number of fused-ring (bicyclic) bond motifs is 1. The van der Waals surface area contributed by atoms with Gasteiger partial charge in [-0.1, -0.05) is 30.7 Å². The molecule has 1 aliphatic heterocycles. The number of carbonyl (C=O) groups excluding carboxylic acids is 1. The van der Waals surface area contributed by atoms with Crippen LogP contribution in [0.15, 0.2) is 35.7 Å². The Morgan fingerprint density at radius 3 is 2.61 bits per heavy atom. The highest BCUT2D eigenvalue weighted by Gasteiger charge is 2.26. The fourth-order valence-electron chi connectivity index (χ4n) is 3.45. The zero-order valence-electron chi connectivity index (χ0n) is 16.1. The Labute approximate surface area is 188 Å². The maximum atomic E-state index is 12.4. The lowest BCUT2D eigenvalue weighted by Crippen LogP contribution is -2.42. The van der Waals surface area contributed by atoms with Crippen LogP contribution in [0.4, 0.5) is 0 Å². The molecular weight excluding hydrogens is 437 g/mol. The molecule has 2 aromatic rings. The van der Waals surface area contributed by atoms with Gasteiger partial charge in [-0.15, -0.1) is 36.2 Å². The van der Waals surface area contributed by atoms with Crippen LogP contribution in [-0.4, -0.2) is 37.5 Å². The lowest BCUT2D eigenvalue weighted by molar-refractivity contribution is -0.124. The first-order valence-corrected chi connectivity index (χ1v) is 10.3. The van der Waals surface area contributed by atoms with E-state index in [1.807, 2.05) is 37.4 Å². The van der Waals surface area contributed by atoms with E-state index in [1.54, 1.807) is 0 Å². The number of hydrogen-bond acceptors (Lipinski definition) is 4. The van der Waals surface area contributed by atoms with Crippen LogP contribution < -0.4 is 10.6 Å².